The zero-order valence-electron chi connectivity index (χ0n) is 12.0. The summed E-state index contributed by atoms with van der Waals surface area (Å²) in [6.07, 6.45) is 5.04. The van der Waals surface area contributed by atoms with Crippen LogP contribution >= 0.6 is 0 Å². The standard InChI is InChI=1S/C16H21N3O/c1-3-12-6-4-10(2)19(12)16(20)14-9-18-15-8-11(17)5-7-13(14)15/h5,7-10,12,18H,3-4,6,17H2,1-2H3. The zero-order chi connectivity index (χ0) is 14.3. The van der Waals surface area contributed by atoms with Gasteiger partial charge in [0.05, 0.1) is 5.56 Å². The fraction of sp³-hybridized carbons (Fsp3) is 0.438. The Hall–Kier alpha value is -1.97. The third-order valence-electron chi connectivity index (χ3n) is 4.43. The van der Waals surface area contributed by atoms with Crippen molar-refractivity contribution < 1.29 is 4.79 Å². The van der Waals surface area contributed by atoms with E-state index in [2.05, 4.69) is 23.7 Å². The van der Waals surface area contributed by atoms with Gasteiger partial charge < -0.3 is 15.6 Å². The molecular weight excluding hydrogens is 250 g/mol. The molecule has 0 bridgehead atoms. The maximum absolute atomic E-state index is 12.9. The van der Waals surface area contributed by atoms with E-state index in [-0.39, 0.29) is 5.91 Å². The Morgan fingerprint density at radius 3 is 3.00 bits per heavy atom. The van der Waals surface area contributed by atoms with E-state index in [0.717, 1.165) is 35.7 Å². The molecule has 2 aromatic rings. The van der Waals surface area contributed by atoms with Gasteiger partial charge in [0.1, 0.15) is 0 Å². The van der Waals surface area contributed by atoms with Crippen molar-refractivity contribution in [2.24, 2.45) is 0 Å². The number of anilines is 1. The van der Waals surface area contributed by atoms with Gasteiger partial charge in [0.25, 0.3) is 5.91 Å². The van der Waals surface area contributed by atoms with Gasteiger partial charge in [-0.15, -0.1) is 0 Å². The summed E-state index contributed by atoms with van der Waals surface area (Å²) in [4.78, 5) is 18.1. The number of nitrogens with two attached hydrogens (primary N) is 1. The van der Waals surface area contributed by atoms with Crippen LogP contribution in [0.25, 0.3) is 10.9 Å². The van der Waals surface area contributed by atoms with Crippen LogP contribution in [0, 0.1) is 0 Å². The van der Waals surface area contributed by atoms with Gasteiger partial charge in [0, 0.05) is 34.9 Å². The van der Waals surface area contributed by atoms with E-state index in [0.29, 0.717) is 17.8 Å². The smallest absolute Gasteiger partial charge is 0.256 e. The molecule has 1 aromatic heterocycles. The SMILES string of the molecule is CCC1CCC(C)N1C(=O)c1c[nH]c2cc(N)ccc12. The lowest BCUT2D eigenvalue weighted by Gasteiger charge is -2.27. The van der Waals surface area contributed by atoms with Gasteiger partial charge in [0.2, 0.25) is 0 Å². The fourth-order valence-electron chi connectivity index (χ4n) is 3.30. The highest BCUT2D eigenvalue weighted by Crippen LogP contribution is 2.30. The first kappa shape index (κ1) is 13.0. The van der Waals surface area contributed by atoms with E-state index in [1.807, 2.05) is 24.4 Å². The number of benzene rings is 1. The molecule has 3 rings (SSSR count). The van der Waals surface area contributed by atoms with Gasteiger partial charge in [0.15, 0.2) is 0 Å². The van der Waals surface area contributed by atoms with E-state index in [1.165, 1.54) is 0 Å². The summed E-state index contributed by atoms with van der Waals surface area (Å²) < 4.78 is 0. The molecule has 1 aliphatic heterocycles. The number of amides is 1. The van der Waals surface area contributed by atoms with Gasteiger partial charge >= 0.3 is 0 Å². The van der Waals surface area contributed by atoms with Crippen LogP contribution in [-0.2, 0) is 0 Å². The number of likely N-dealkylation sites (tertiary alicyclic amines) is 1. The van der Waals surface area contributed by atoms with Crippen molar-refractivity contribution in [3.8, 4) is 0 Å². The van der Waals surface area contributed by atoms with Crippen LogP contribution in [-0.4, -0.2) is 27.9 Å². The Labute approximate surface area is 118 Å². The predicted molar refractivity (Wildman–Crippen MR) is 81.7 cm³/mol. The van der Waals surface area contributed by atoms with E-state index >= 15 is 0 Å². The summed E-state index contributed by atoms with van der Waals surface area (Å²) in [5.74, 6) is 0.137. The minimum absolute atomic E-state index is 0.137. The molecule has 1 aromatic carbocycles. The number of H-pyrrole nitrogens is 1. The molecule has 4 nitrogen and oxygen atoms in total. The maximum atomic E-state index is 12.9. The Balaban J connectivity index is 2.00. The molecule has 0 radical (unpaired) electrons. The minimum Gasteiger partial charge on any atom is -0.399 e. The Morgan fingerprint density at radius 2 is 2.25 bits per heavy atom. The Morgan fingerprint density at radius 1 is 1.45 bits per heavy atom. The monoisotopic (exact) mass is 271 g/mol. The van der Waals surface area contributed by atoms with Crippen LogP contribution in [0.3, 0.4) is 0 Å². The molecule has 2 unspecified atom stereocenters. The summed E-state index contributed by atoms with van der Waals surface area (Å²) in [6, 6.07) is 6.34. The van der Waals surface area contributed by atoms with E-state index in [1.54, 1.807) is 0 Å². The first-order chi connectivity index (χ1) is 9.61. The number of fused-ring (bicyclic) bond motifs is 1. The summed E-state index contributed by atoms with van der Waals surface area (Å²) in [7, 11) is 0. The van der Waals surface area contributed by atoms with Crippen molar-refractivity contribution >= 4 is 22.5 Å². The number of rotatable bonds is 2. The lowest BCUT2D eigenvalue weighted by molar-refractivity contribution is 0.0678. The van der Waals surface area contributed by atoms with E-state index < -0.39 is 0 Å². The van der Waals surface area contributed by atoms with Crippen LogP contribution in [0.4, 0.5) is 5.69 Å². The van der Waals surface area contributed by atoms with E-state index in [4.69, 9.17) is 5.73 Å². The molecule has 4 heteroatoms. The molecule has 0 aliphatic carbocycles. The fourth-order valence-corrected chi connectivity index (χ4v) is 3.30. The average Bonchev–Trinajstić information content (AvgIpc) is 3.00. The Kier molecular flexibility index (Phi) is 3.16. The highest BCUT2D eigenvalue weighted by molar-refractivity contribution is 6.07. The lowest BCUT2D eigenvalue weighted by Crippen LogP contribution is -2.39. The average molecular weight is 271 g/mol. The number of nitrogens with zero attached hydrogens (tertiary/aromatic N) is 1. The minimum atomic E-state index is 0.137. The van der Waals surface area contributed by atoms with Crippen molar-refractivity contribution in [1.29, 1.82) is 0 Å². The van der Waals surface area contributed by atoms with E-state index in [9.17, 15) is 4.79 Å². The number of carbonyl (C=O) groups excluding carboxylic acids is 1. The Bertz CT molecular complexity index is 646. The number of aromatic amines is 1. The topological polar surface area (TPSA) is 62.1 Å². The lowest BCUT2D eigenvalue weighted by atomic mass is 10.1. The highest BCUT2D eigenvalue weighted by Gasteiger charge is 2.34. The quantitative estimate of drug-likeness (QED) is 0.824. The molecule has 0 spiro atoms. The van der Waals surface area contributed by atoms with Crippen molar-refractivity contribution in [2.45, 2.75) is 45.2 Å². The van der Waals surface area contributed by atoms with Crippen molar-refractivity contribution in [3.63, 3.8) is 0 Å². The number of nitrogen functional groups attached to an aromatic ring is 1. The first-order valence-electron chi connectivity index (χ1n) is 7.31. The second-order valence-electron chi connectivity index (χ2n) is 5.71. The number of nitrogens with one attached hydrogen (secondary N) is 1. The second kappa shape index (κ2) is 4.85. The summed E-state index contributed by atoms with van der Waals surface area (Å²) >= 11 is 0. The molecule has 20 heavy (non-hydrogen) atoms. The number of hydrogen-bond acceptors (Lipinski definition) is 2. The molecule has 2 heterocycles. The van der Waals surface area contributed by atoms with Crippen LogP contribution < -0.4 is 5.73 Å². The molecule has 106 valence electrons. The third kappa shape index (κ3) is 1.96. The van der Waals surface area contributed by atoms with Crippen LogP contribution in [0.5, 0.6) is 0 Å². The number of hydrogen-bond donors (Lipinski definition) is 2. The second-order valence-corrected chi connectivity index (χ2v) is 5.71. The number of aromatic nitrogens is 1. The third-order valence-corrected chi connectivity index (χ3v) is 4.43. The zero-order valence-corrected chi connectivity index (χ0v) is 12.0. The van der Waals surface area contributed by atoms with Crippen LogP contribution in [0.1, 0.15) is 43.5 Å². The molecule has 1 amide bonds. The van der Waals surface area contributed by atoms with Gasteiger partial charge in [-0.3, -0.25) is 4.79 Å². The van der Waals surface area contributed by atoms with Crippen LogP contribution in [0.15, 0.2) is 24.4 Å². The molecule has 1 saturated heterocycles. The van der Waals surface area contributed by atoms with Gasteiger partial charge in [-0.2, -0.15) is 0 Å². The highest BCUT2D eigenvalue weighted by atomic mass is 16.2. The molecule has 1 aliphatic rings. The molecule has 2 atom stereocenters. The summed E-state index contributed by atoms with van der Waals surface area (Å²) in [5, 5.41) is 0.957. The normalized spacial score (nSPS) is 22.6. The van der Waals surface area contributed by atoms with Crippen LogP contribution in [0.2, 0.25) is 0 Å². The largest absolute Gasteiger partial charge is 0.399 e. The molecule has 1 fully saturated rings. The first-order valence-corrected chi connectivity index (χ1v) is 7.31. The van der Waals surface area contributed by atoms with Crippen molar-refractivity contribution in [2.75, 3.05) is 5.73 Å². The molecule has 0 saturated carbocycles. The number of carbonyl (C=O) groups is 1. The van der Waals surface area contributed by atoms with Crippen molar-refractivity contribution in [3.05, 3.63) is 30.0 Å². The van der Waals surface area contributed by atoms with Gasteiger partial charge in [-0.1, -0.05) is 6.92 Å². The summed E-state index contributed by atoms with van der Waals surface area (Å²) in [6.45, 7) is 4.29. The summed E-state index contributed by atoms with van der Waals surface area (Å²) in [5.41, 5.74) is 8.17. The van der Waals surface area contributed by atoms with Gasteiger partial charge in [-0.25, -0.2) is 0 Å². The predicted octanol–water partition coefficient (Wildman–Crippen LogP) is 3.15. The molecular formula is C16H21N3O. The van der Waals surface area contributed by atoms with Gasteiger partial charge in [-0.05, 0) is 44.4 Å². The molecule has 3 N–H and O–H groups in total. The van der Waals surface area contributed by atoms with Crippen molar-refractivity contribution in [1.82, 2.24) is 9.88 Å². The maximum Gasteiger partial charge on any atom is 0.256 e.